The van der Waals surface area contributed by atoms with Gasteiger partial charge in [0.1, 0.15) is 0 Å². The van der Waals surface area contributed by atoms with E-state index in [1.54, 1.807) is 6.07 Å². The second-order valence-electron chi connectivity index (χ2n) is 11.2. The lowest BCUT2D eigenvalue weighted by molar-refractivity contribution is -0.144. The molecule has 0 aromatic heterocycles. The van der Waals surface area contributed by atoms with E-state index in [1.165, 1.54) is 10.5 Å². The molecule has 0 saturated carbocycles. The molecule has 0 atom stereocenters. The highest BCUT2D eigenvalue weighted by molar-refractivity contribution is 6.39. The first kappa shape index (κ1) is 30.2. The molecule has 2 aromatic rings. The molecule has 220 valence electrons. The number of nitrogens with zero attached hydrogens (tertiary/aromatic N) is 3. The Balaban J connectivity index is 1.16. The third kappa shape index (κ3) is 9.12. The van der Waals surface area contributed by atoms with Crippen LogP contribution in [0.15, 0.2) is 54.6 Å². The van der Waals surface area contributed by atoms with Crippen molar-refractivity contribution in [3.8, 4) is 0 Å². The minimum atomic E-state index is -0.672. The van der Waals surface area contributed by atoms with Crippen molar-refractivity contribution < 1.29 is 19.2 Å². The number of anilines is 1. The van der Waals surface area contributed by atoms with Gasteiger partial charge in [0, 0.05) is 56.8 Å². The summed E-state index contributed by atoms with van der Waals surface area (Å²) in [6.45, 7) is 5.16. The van der Waals surface area contributed by atoms with Crippen LogP contribution in [0, 0.1) is 11.8 Å². The Morgan fingerprint density at radius 2 is 1.54 bits per heavy atom. The van der Waals surface area contributed by atoms with Gasteiger partial charge in [-0.15, -0.1) is 0 Å². The molecule has 0 radical (unpaired) electrons. The minimum Gasteiger partial charge on any atom is -0.369 e. The highest BCUT2D eigenvalue weighted by Gasteiger charge is 2.30. The third-order valence-corrected chi connectivity index (χ3v) is 8.02. The number of benzene rings is 2. The SMILES string of the molecule is CN(CCNC(=O)C1CCN(C(=O)C(=O)Nc2cccc(CN3CCC(C(N)=O)CC3)c2)CC1)Cc1ccccc1. The smallest absolute Gasteiger partial charge is 0.313 e. The van der Waals surface area contributed by atoms with Crippen molar-refractivity contribution in [3.05, 3.63) is 65.7 Å². The second kappa shape index (κ2) is 14.7. The van der Waals surface area contributed by atoms with Crippen molar-refractivity contribution in [1.82, 2.24) is 20.0 Å². The highest BCUT2D eigenvalue weighted by atomic mass is 16.2. The van der Waals surface area contributed by atoms with Gasteiger partial charge < -0.3 is 26.2 Å². The Hall–Kier alpha value is -3.76. The van der Waals surface area contributed by atoms with Gasteiger partial charge in [0.2, 0.25) is 11.8 Å². The molecular formula is C31H42N6O4. The Morgan fingerprint density at radius 1 is 0.878 bits per heavy atom. The van der Waals surface area contributed by atoms with Gasteiger partial charge in [-0.2, -0.15) is 0 Å². The average Bonchev–Trinajstić information content (AvgIpc) is 2.97. The van der Waals surface area contributed by atoms with E-state index < -0.39 is 11.8 Å². The molecule has 2 saturated heterocycles. The van der Waals surface area contributed by atoms with Gasteiger partial charge in [-0.3, -0.25) is 24.1 Å². The molecule has 2 fully saturated rings. The van der Waals surface area contributed by atoms with E-state index in [9.17, 15) is 19.2 Å². The van der Waals surface area contributed by atoms with Gasteiger partial charge in [0.05, 0.1) is 0 Å². The summed E-state index contributed by atoms with van der Waals surface area (Å²) in [7, 11) is 2.03. The van der Waals surface area contributed by atoms with Crippen LogP contribution < -0.4 is 16.4 Å². The van der Waals surface area contributed by atoms with Crippen LogP contribution in [0.4, 0.5) is 5.69 Å². The number of amides is 4. The lowest BCUT2D eigenvalue weighted by Crippen LogP contribution is -2.47. The number of nitrogens with two attached hydrogens (primary N) is 1. The van der Waals surface area contributed by atoms with E-state index >= 15 is 0 Å². The molecule has 4 N–H and O–H groups in total. The summed E-state index contributed by atoms with van der Waals surface area (Å²) in [6.07, 6.45) is 2.58. The first-order chi connectivity index (χ1) is 19.8. The Morgan fingerprint density at radius 3 is 2.22 bits per heavy atom. The predicted octanol–water partition coefficient (Wildman–Crippen LogP) is 1.81. The van der Waals surface area contributed by atoms with Crippen molar-refractivity contribution in [2.24, 2.45) is 17.6 Å². The average molecular weight is 563 g/mol. The first-order valence-electron chi connectivity index (χ1n) is 14.5. The van der Waals surface area contributed by atoms with E-state index in [0.717, 1.165) is 44.6 Å². The van der Waals surface area contributed by atoms with Crippen LogP contribution in [-0.4, -0.2) is 84.6 Å². The molecule has 2 aliphatic rings. The zero-order valence-corrected chi connectivity index (χ0v) is 23.9. The molecule has 2 aromatic carbocycles. The van der Waals surface area contributed by atoms with Gasteiger partial charge in [-0.1, -0.05) is 42.5 Å². The molecule has 4 rings (SSSR count). The maximum atomic E-state index is 12.8. The fraction of sp³-hybridized carbons (Fsp3) is 0.484. The quantitative estimate of drug-likeness (QED) is 0.379. The van der Waals surface area contributed by atoms with Crippen molar-refractivity contribution >= 4 is 29.3 Å². The van der Waals surface area contributed by atoms with Crippen LogP contribution in [0.25, 0.3) is 0 Å². The first-order valence-corrected chi connectivity index (χ1v) is 14.5. The number of nitrogens with one attached hydrogen (secondary N) is 2. The minimum absolute atomic E-state index is 0.00493. The summed E-state index contributed by atoms with van der Waals surface area (Å²) in [5.74, 6) is -1.69. The lowest BCUT2D eigenvalue weighted by atomic mass is 9.96. The summed E-state index contributed by atoms with van der Waals surface area (Å²) in [5, 5.41) is 5.76. The standard InChI is InChI=1S/C31H42N6O4/c1-35(21-23-6-3-2-4-7-23)19-14-33-29(39)26-12-17-37(18-13-26)31(41)30(40)34-27-9-5-8-24(20-27)22-36-15-10-25(11-16-36)28(32)38/h2-9,20,25-26H,10-19,21-22H2,1H3,(H2,32,38)(H,33,39)(H,34,40). The molecule has 0 bridgehead atoms. The Bertz CT molecular complexity index is 1190. The number of primary amides is 1. The van der Waals surface area contributed by atoms with Gasteiger partial charge in [0.15, 0.2) is 0 Å². The summed E-state index contributed by atoms with van der Waals surface area (Å²) in [6, 6.07) is 17.7. The van der Waals surface area contributed by atoms with Crippen LogP contribution in [0.5, 0.6) is 0 Å². The molecule has 2 heterocycles. The molecule has 0 spiro atoms. The Labute approximate surface area is 242 Å². The summed E-state index contributed by atoms with van der Waals surface area (Å²) in [5.41, 5.74) is 8.25. The number of hydrogen-bond acceptors (Lipinski definition) is 6. The number of carbonyl (C=O) groups is 4. The molecule has 10 nitrogen and oxygen atoms in total. The van der Waals surface area contributed by atoms with Gasteiger partial charge in [-0.05, 0) is 69.1 Å². The van der Waals surface area contributed by atoms with E-state index in [0.29, 0.717) is 44.7 Å². The summed E-state index contributed by atoms with van der Waals surface area (Å²) in [4.78, 5) is 55.6. The van der Waals surface area contributed by atoms with Gasteiger partial charge in [0.25, 0.3) is 0 Å². The number of piperidine rings is 2. The monoisotopic (exact) mass is 562 g/mol. The number of rotatable bonds is 10. The van der Waals surface area contributed by atoms with Gasteiger partial charge >= 0.3 is 11.8 Å². The second-order valence-corrected chi connectivity index (χ2v) is 11.2. The lowest BCUT2D eigenvalue weighted by Gasteiger charge is -2.31. The van der Waals surface area contributed by atoms with Crippen molar-refractivity contribution in [1.29, 1.82) is 0 Å². The summed E-state index contributed by atoms with van der Waals surface area (Å²) < 4.78 is 0. The van der Waals surface area contributed by atoms with Crippen LogP contribution in [0.1, 0.15) is 36.8 Å². The van der Waals surface area contributed by atoms with E-state index in [4.69, 9.17) is 5.73 Å². The van der Waals surface area contributed by atoms with Crippen molar-refractivity contribution in [2.45, 2.75) is 38.8 Å². The summed E-state index contributed by atoms with van der Waals surface area (Å²) >= 11 is 0. The molecule has 2 aliphatic heterocycles. The number of carbonyl (C=O) groups excluding carboxylic acids is 4. The van der Waals surface area contributed by atoms with E-state index in [-0.39, 0.29) is 23.7 Å². The molecule has 0 unspecified atom stereocenters. The number of likely N-dealkylation sites (N-methyl/N-ethyl adjacent to an activating group) is 1. The number of hydrogen-bond donors (Lipinski definition) is 3. The highest BCUT2D eigenvalue weighted by Crippen LogP contribution is 2.21. The Kier molecular flexibility index (Phi) is 10.9. The predicted molar refractivity (Wildman–Crippen MR) is 157 cm³/mol. The topological polar surface area (TPSA) is 128 Å². The van der Waals surface area contributed by atoms with E-state index in [2.05, 4.69) is 32.6 Å². The van der Waals surface area contributed by atoms with Crippen LogP contribution in [0.2, 0.25) is 0 Å². The maximum Gasteiger partial charge on any atom is 0.313 e. The fourth-order valence-corrected chi connectivity index (χ4v) is 5.54. The number of likely N-dealkylation sites (tertiary alicyclic amines) is 2. The normalized spacial score (nSPS) is 16.9. The zero-order chi connectivity index (χ0) is 29.2. The molecule has 0 aliphatic carbocycles. The fourth-order valence-electron chi connectivity index (χ4n) is 5.54. The van der Waals surface area contributed by atoms with E-state index in [1.807, 2.05) is 43.4 Å². The van der Waals surface area contributed by atoms with Crippen LogP contribution in [0.3, 0.4) is 0 Å². The molecule has 10 heteroatoms. The zero-order valence-electron chi connectivity index (χ0n) is 23.9. The molecular weight excluding hydrogens is 520 g/mol. The maximum absolute atomic E-state index is 12.8. The van der Waals surface area contributed by atoms with Crippen molar-refractivity contribution in [2.75, 3.05) is 51.6 Å². The van der Waals surface area contributed by atoms with Crippen LogP contribution >= 0.6 is 0 Å². The largest absolute Gasteiger partial charge is 0.369 e. The van der Waals surface area contributed by atoms with Gasteiger partial charge in [-0.25, -0.2) is 0 Å². The molecule has 4 amide bonds. The third-order valence-electron chi connectivity index (χ3n) is 8.02. The van der Waals surface area contributed by atoms with Crippen LogP contribution in [-0.2, 0) is 32.3 Å². The molecule has 41 heavy (non-hydrogen) atoms. The van der Waals surface area contributed by atoms with Crippen molar-refractivity contribution in [3.63, 3.8) is 0 Å².